The first-order valence-electron chi connectivity index (χ1n) is 10.3. The maximum atomic E-state index is 14.0. The zero-order valence-corrected chi connectivity index (χ0v) is 17.7. The summed E-state index contributed by atoms with van der Waals surface area (Å²) >= 11 is 6.08. The van der Waals surface area contributed by atoms with Gasteiger partial charge >= 0.3 is 6.03 Å². The van der Waals surface area contributed by atoms with Crippen LogP contribution in [-0.2, 0) is 16.0 Å². The summed E-state index contributed by atoms with van der Waals surface area (Å²) in [5, 5.41) is 14.1. The predicted molar refractivity (Wildman–Crippen MR) is 117 cm³/mol. The number of amides is 4. The third kappa shape index (κ3) is 2.88. The molecule has 0 aromatic heterocycles. The number of hydrogen-bond acceptors (Lipinski definition) is 6. The van der Waals surface area contributed by atoms with E-state index in [9.17, 15) is 24.5 Å². The molecule has 9 nitrogen and oxygen atoms in total. The Morgan fingerprint density at radius 3 is 2.69 bits per heavy atom. The summed E-state index contributed by atoms with van der Waals surface area (Å²) in [6.07, 6.45) is 2.26. The molecule has 2 atom stereocenters. The van der Waals surface area contributed by atoms with Crippen LogP contribution >= 0.6 is 11.6 Å². The zero-order chi connectivity index (χ0) is 22.6. The molecule has 1 spiro atoms. The van der Waals surface area contributed by atoms with Crippen molar-refractivity contribution in [1.29, 1.82) is 0 Å². The number of piperidine rings is 1. The van der Waals surface area contributed by atoms with E-state index in [1.165, 1.54) is 18.2 Å². The molecule has 10 heteroatoms. The molecule has 0 bridgehead atoms. The maximum Gasteiger partial charge on any atom is 0.335 e. The van der Waals surface area contributed by atoms with Gasteiger partial charge in [0.05, 0.1) is 16.7 Å². The van der Waals surface area contributed by atoms with Crippen molar-refractivity contribution < 1.29 is 19.3 Å². The molecule has 2 fully saturated rings. The van der Waals surface area contributed by atoms with Crippen LogP contribution in [-0.4, -0.2) is 35.4 Å². The minimum Gasteiger partial charge on any atom is -0.367 e. The number of imide groups is 2. The van der Waals surface area contributed by atoms with Crippen LogP contribution in [0, 0.1) is 15.5 Å². The Morgan fingerprint density at radius 1 is 1.12 bits per heavy atom. The summed E-state index contributed by atoms with van der Waals surface area (Å²) in [6, 6.07) is 9.55. The Hall–Kier alpha value is -3.46. The summed E-state index contributed by atoms with van der Waals surface area (Å²) in [5.74, 6) is -1.30. The highest BCUT2D eigenvalue weighted by atomic mass is 35.5. The molecule has 3 aliphatic rings. The van der Waals surface area contributed by atoms with Crippen molar-refractivity contribution in [2.45, 2.75) is 31.7 Å². The number of carbonyl (C=O) groups excluding carboxylic acids is 3. The lowest BCUT2D eigenvalue weighted by Crippen LogP contribution is -2.72. The van der Waals surface area contributed by atoms with Gasteiger partial charge in [0, 0.05) is 35.8 Å². The molecular weight excluding hydrogens is 436 g/mol. The summed E-state index contributed by atoms with van der Waals surface area (Å²) < 4.78 is 0. The number of nitro groups is 1. The van der Waals surface area contributed by atoms with Crippen LogP contribution in [0.25, 0.3) is 0 Å². The van der Waals surface area contributed by atoms with E-state index in [-0.39, 0.29) is 17.8 Å². The van der Waals surface area contributed by atoms with Crippen molar-refractivity contribution in [1.82, 2.24) is 5.32 Å². The normalized spacial score (nSPS) is 24.8. The molecule has 2 aromatic carbocycles. The lowest BCUT2D eigenvalue weighted by Gasteiger charge is -2.53. The summed E-state index contributed by atoms with van der Waals surface area (Å²) in [6.45, 7) is 0.614. The Labute approximate surface area is 188 Å². The van der Waals surface area contributed by atoms with E-state index in [1.807, 2.05) is 4.90 Å². The van der Waals surface area contributed by atoms with Gasteiger partial charge in [-0.2, -0.15) is 0 Å². The number of non-ortho nitro benzene ring substituents is 1. The van der Waals surface area contributed by atoms with E-state index in [4.69, 9.17) is 11.6 Å². The van der Waals surface area contributed by atoms with Gasteiger partial charge in [0.15, 0.2) is 5.41 Å². The molecule has 0 radical (unpaired) electrons. The topological polar surface area (TPSA) is 113 Å². The van der Waals surface area contributed by atoms with Crippen LogP contribution in [0.4, 0.5) is 21.9 Å². The SMILES string of the molecule is O=C1NC(=O)[C@@]2(Cc3cc([N+](=O)[O-])ccc3N3CCCC[C@@H]32)C(=O)N1c1cccc(Cl)c1. The number of anilines is 2. The van der Waals surface area contributed by atoms with E-state index in [0.29, 0.717) is 23.6 Å². The lowest BCUT2D eigenvalue weighted by molar-refractivity contribution is -0.384. The molecule has 0 saturated carbocycles. The monoisotopic (exact) mass is 454 g/mol. The van der Waals surface area contributed by atoms with Crippen LogP contribution in [0.3, 0.4) is 0 Å². The van der Waals surface area contributed by atoms with E-state index in [1.54, 1.807) is 24.3 Å². The molecule has 32 heavy (non-hydrogen) atoms. The summed E-state index contributed by atoms with van der Waals surface area (Å²) in [5.41, 5.74) is -0.0994. The molecular formula is C22H19ClN4O5. The number of benzene rings is 2. The second-order valence-corrected chi connectivity index (χ2v) is 8.74. The van der Waals surface area contributed by atoms with Crippen LogP contribution in [0.15, 0.2) is 42.5 Å². The van der Waals surface area contributed by atoms with Crippen LogP contribution in [0.5, 0.6) is 0 Å². The predicted octanol–water partition coefficient (Wildman–Crippen LogP) is 3.43. The van der Waals surface area contributed by atoms with E-state index in [2.05, 4.69) is 5.32 Å². The average molecular weight is 455 g/mol. The fraction of sp³-hybridized carbons (Fsp3) is 0.318. The second-order valence-electron chi connectivity index (χ2n) is 8.30. The number of urea groups is 1. The first-order valence-corrected chi connectivity index (χ1v) is 10.7. The average Bonchev–Trinajstić information content (AvgIpc) is 2.77. The van der Waals surface area contributed by atoms with Crippen molar-refractivity contribution in [3.05, 3.63) is 63.2 Å². The highest BCUT2D eigenvalue weighted by Gasteiger charge is 2.62. The zero-order valence-electron chi connectivity index (χ0n) is 16.9. The van der Waals surface area contributed by atoms with E-state index in [0.717, 1.165) is 23.4 Å². The lowest BCUT2D eigenvalue weighted by atomic mass is 9.66. The second kappa shape index (κ2) is 7.30. The number of barbiturate groups is 1. The van der Waals surface area contributed by atoms with Crippen molar-refractivity contribution in [3.63, 3.8) is 0 Å². The molecule has 164 valence electrons. The quantitative estimate of drug-likeness (QED) is 0.422. The standard InChI is InChI=1S/C22H19ClN4O5/c23-14-4-3-5-15(11-14)26-20(29)22(19(28)24-21(26)30)12-13-10-16(27(31)32)7-8-17(13)25-9-2-1-6-18(22)25/h3-5,7-8,10-11,18H,1-2,6,9,12H2,(H,24,28,30)/t18-,22+/m1/s1. The van der Waals surface area contributed by atoms with E-state index < -0.39 is 34.2 Å². The van der Waals surface area contributed by atoms with Crippen LogP contribution in [0.1, 0.15) is 24.8 Å². The largest absolute Gasteiger partial charge is 0.367 e. The van der Waals surface area contributed by atoms with Gasteiger partial charge in [-0.3, -0.25) is 25.0 Å². The number of fused-ring (bicyclic) bond motifs is 4. The van der Waals surface area contributed by atoms with Gasteiger partial charge in [0.2, 0.25) is 5.91 Å². The van der Waals surface area contributed by atoms with Crippen molar-refractivity contribution in [2.24, 2.45) is 5.41 Å². The molecule has 0 unspecified atom stereocenters. The maximum absolute atomic E-state index is 14.0. The Balaban J connectivity index is 1.68. The summed E-state index contributed by atoms with van der Waals surface area (Å²) in [7, 11) is 0. The van der Waals surface area contributed by atoms with Gasteiger partial charge in [-0.25, -0.2) is 9.69 Å². The third-order valence-corrected chi connectivity index (χ3v) is 6.84. The van der Waals surface area contributed by atoms with Gasteiger partial charge in [-0.1, -0.05) is 17.7 Å². The van der Waals surface area contributed by atoms with Crippen molar-refractivity contribution >= 4 is 46.5 Å². The highest BCUT2D eigenvalue weighted by Crippen LogP contribution is 2.48. The van der Waals surface area contributed by atoms with Crippen molar-refractivity contribution in [2.75, 3.05) is 16.3 Å². The highest BCUT2D eigenvalue weighted by molar-refractivity contribution is 6.33. The van der Waals surface area contributed by atoms with Crippen molar-refractivity contribution in [3.8, 4) is 0 Å². The molecule has 2 aromatic rings. The fourth-order valence-electron chi connectivity index (χ4n) is 5.21. The molecule has 3 heterocycles. The number of nitrogens with one attached hydrogen (secondary N) is 1. The number of rotatable bonds is 2. The first-order chi connectivity index (χ1) is 15.3. The van der Waals surface area contributed by atoms with Gasteiger partial charge in [0.25, 0.3) is 11.6 Å². The number of nitrogens with zero attached hydrogens (tertiary/aromatic N) is 3. The minimum absolute atomic E-state index is 0.0276. The number of halogens is 1. The number of nitro benzene ring substituents is 1. The van der Waals surface area contributed by atoms with Gasteiger partial charge in [-0.05, 0) is 49.1 Å². The molecule has 2 saturated heterocycles. The molecule has 3 aliphatic heterocycles. The van der Waals surface area contributed by atoms with Crippen LogP contribution in [0.2, 0.25) is 5.02 Å². The summed E-state index contributed by atoms with van der Waals surface area (Å²) in [4.78, 5) is 53.9. The molecule has 5 rings (SSSR count). The fourth-order valence-corrected chi connectivity index (χ4v) is 5.40. The first kappa shape index (κ1) is 20.4. The van der Waals surface area contributed by atoms with Gasteiger partial charge in [0.1, 0.15) is 0 Å². The van der Waals surface area contributed by atoms with Gasteiger partial charge < -0.3 is 4.90 Å². The third-order valence-electron chi connectivity index (χ3n) is 6.60. The Bertz CT molecular complexity index is 1180. The Kier molecular flexibility index (Phi) is 4.67. The molecule has 4 amide bonds. The van der Waals surface area contributed by atoms with Crippen LogP contribution < -0.4 is 15.1 Å². The smallest absolute Gasteiger partial charge is 0.335 e. The number of hydrogen-bond donors (Lipinski definition) is 1. The van der Waals surface area contributed by atoms with E-state index >= 15 is 0 Å². The minimum atomic E-state index is -1.58. The van der Waals surface area contributed by atoms with Gasteiger partial charge in [-0.15, -0.1) is 0 Å². The molecule has 0 aliphatic carbocycles. The number of carbonyl (C=O) groups is 3. The molecule has 1 N–H and O–H groups in total. The Morgan fingerprint density at radius 2 is 1.94 bits per heavy atom.